The van der Waals surface area contributed by atoms with Crippen LogP contribution in [0.3, 0.4) is 0 Å². The number of anilines is 2. The van der Waals surface area contributed by atoms with Gasteiger partial charge in [0.15, 0.2) is 0 Å². The highest BCUT2D eigenvalue weighted by Gasteiger charge is 2.12. The summed E-state index contributed by atoms with van der Waals surface area (Å²) < 4.78 is 0. The largest absolute Gasteiger partial charge is 0.350 e. The molecule has 0 aliphatic carbocycles. The van der Waals surface area contributed by atoms with Gasteiger partial charge in [-0.1, -0.05) is 39.0 Å². The lowest BCUT2D eigenvalue weighted by molar-refractivity contribution is 0.0943. The van der Waals surface area contributed by atoms with Gasteiger partial charge in [0.05, 0.1) is 0 Å². The maximum Gasteiger partial charge on any atom is 0.270 e. The second kappa shape index (κ2) is 7.90. The number of aromatic nitrogens is 2. The molecule has 0 radical (unpaired) electrons. The van der Waals surface area contributed by atoms with E-state index in [1.807, 2.05) is 0 Å². The molecule has 1 aromatic heterocycles. The minimum atomic E-state index is -0.169. The van der Waals surface area contributed by atoms with Crippen LogP contribution >= 0.6 is 0 Å². The van der Waals surface area contributed by atoms with Gasteiger partial charge in [-0.25, -0.2) is 9.97 Å². The van der Waals surface area contributed by atoms with Crippen molar-refractivity contribution in [2.24, 2.45) is 5.92 Å². The third-order valence-corrected chi connectivity index (χ3v) is 3.73. The van der Waals surface area contributed by atoms with Crippen molar-refractivity contribution in [1.29, 1.82) is 0 Å². The molecule has 0 bridgehead atoms. The predicted molar refractivity (Wildman–Crippen MR) is 97.8 cm³/mol. The summed E-state index contributed by atoms with van der Waals surface area (Å²) in [4.78, 5) is 20.9. The van der Waals surface area contributed by atoms with Crippen LogP contribution in [0.25, 0.3) is 0 Å². The summed E-state index contributed by atoms with van der Waals surface area (Å²) in [6.45, 7) is 10.7. The van der Waals surface area contributed by atoms with Crippen LogP contribution in [0.2, 0.25) is 0 Å². The average molecular weight is 326 g/mol. The highest BCUT2D eigenvalue weighted by atomic mass is 16.1. The van der Waals surface area contributed by atoms with E-state index in [0.717, 1.165) is 17.7 Å². The summed E-state index contributed by atoms with van der Waals surface area (Å²) in [6.07, 6.45) is 0.926. The highest BCUT2D eigenvalue weighted by Crippen LogP contribution is 2.24. The standard InChI is InChI=1S/C19H26N4O/c1-6-15-9-7-8-13(4)18(15)23-17-10-16(21-14(5)22-17)19(24)20-11-12(2)3/h7-10,12H,6,11H2,1-5H3,(H,20,24)(H,21,22,23). The van der Waals surface area contributed by atoms with Gasteiger partial charge in [0.25, 0.3) is 5.91 Å². The van der Waals surface area contributed by atoms with E-state index < -0.39 is 0 Å². The van der Waals surface area contributed by atoms with E-state index in [2.05, 4.69) is 66.5 Å². The zero-order valence-corrected chi connectivity index (χ0v) is 15.1. The molecular formula is C19H26N4O. The Balaban J connectivity index is 2.28. The Bertz CT molecular complexity index is 725. The number of para-hydroxylation sites is 1. The van der Waals surface area contributed by atoms with Crippen LogP contribution in [-0.4, -0.2) is 22.4 Å². The van der Waals surface area contributed by atoms with Gasteiger partial charge in [-0.2, -0.15) is 0 Å². The molecule has 1 aromatic carbocycles. The van der Waals surface area contributed by atoms with E-state index >= 15 is 0 Å². The first-order valence-corrected chi connectivity index (χ1v) is 8.40. The van der Waals surface area contributed by atoms with E-state index in [1.165, 1.54) is 5.56 Å². The van der Waals surface area contributed by atoms with Crippen LogP contribution < -0.4 is 10.6 Å². The molecule has 2 N–H and O–H groups in total. The molecule has 0 unspecified atom stereocenters. The molecule has 0 aliphatic rings. The molecule has 2 aromatic rings. The molecule has 24 heavy (non-hydrogen) atoms. The molecule has 1 heterocycles. The smallest absolute Gasteiger partial charge is 0.270 e. The lowest BCUT2D eigenvalue weighted by Crippen LogP contribution is -2.28. The summed E-state index contributed by atoms with van der Waals surface area (Å²) in [6, 6.07) is 7.91. The van der Waals surface area contributed by atoms with Gasteiger partial charge < -0.3 is 10.6 Å². The van der Waals surface area contributed by atoms with Crippen LogP contribution in [0, 0.1) is 19.8 Å². The van der Waals surface area contributed by atoms with Crippen molar-refractivity contribution in [2.75, 3.05) is 11.9 Å². The van der Waals surface area contributed by atoms with E-state index in [1.54, 1.807) is 13.0 Å². The molecule has 5 heteroatoms. The molecule has 2 rings (SSSR count). The summed E-state index contributed by atoms with van der Waals surface area (Å²) in [7, 11) is 0. The zero-order valence-electron chi connectivity index (χ0n) is 15.1. The van der Waals surface area contributed by atoms with Crippen molar-refractivity contribution in [2.45, 2.75) is 41.0 Å². The Kier molecular flexibility index (Phi) is 5.90. The summed E-state index contributed by atoms with van der Waals surface area (Å²) in [5, 5.41) is 6.26. The summed E-state index contributed by atoms with van der Waals surface area (Å²) >= 11 is 0. The number of carbonyl (C=O) groups excluding carboxylic acids is 1. The van der Waals surface area contributed by atoms with Crippen molar-refractivity contribution < 1.29 is 4.79 Å². The topological polar surface area (TPSA) is 66.9 Å². The van der Waals surface area contributed by atoms with Crippen molar-refractivity contribution in [3.8, 4) is 0 Å². The number of nitrogens with zero attached hydrogens (tertiary/aromatic N) is 2. The summed E-state index contributed by atoms with van der Waals surface area (Å²) in [5.41, 5.74) is 3.80. The lowest BCUT2D eigenvalue weighted by atomic mass is 10.1. The number of aryl methyl sites for hydroxylation is 3. The number of carbonyl (C=O) groups is 1. The normalized spacial score (nSPS) is 10.8. The molecule has 0 saturated carbocycles. The van der Waals surface area contributed by atoms with Gasteiger partial charge in [0.1, 0.15) is 17.3 Å². The van der Waals surface area contributed by atoms with Crippen LogP contribution in [0.15, 0.2) is 24.3 Å². The van der Waals surface area contributed by atoms with E-state index in [4.69, 9.17) is 0 Å². The monoisotopic (exact) mass is 326 g/mol. The Morgan fingerprint density at radius 3 is 2.62 bits per heavy atom. The van der Waals surface area contributed by atoms with Gasteiger partial charge in [0.2, 0.25) is 0 Å². The Morgan fingerprint density at radius 1 is 1.21 bits per heavy atom. The number of benzene rings is 1. The fourth-order valence-electron chi connectivity index (χ4n) is 2.47. The Hall–Kier alpha value is -2.43. The number of amides is 1. The third-order valence-electron chi connectivity index (χ3n) is 3.73. The van der Waals surface area contributed by atoms with Gasteiger partial charge in [0, 0.05) is 18.3 Å². The molecule has 128 valence electrons. The van der Waals surface area contributed by atoms with Crippen molar-refractivity contribution >= 4 is 17.4 Å². The Labute approximate surface area is 143 Å². The first-order valence-electron chi connectivity index (χ1n) is 8.40. The first-order chi connectivity index (χ1) is 11.4. The second-order valence-electron chi connectivity index (χ2n) is 6.38. The number of hydrogen-bond donors (Lipinski definition) is 2. The quantitative estimate of drug-likeness (QED) is 0.847. The SMILES string of the molecule is CCc1cccc(C)c1Nc1cc(C(=O)NCC(C)C)nc(C)n1. The maximum absolute atomic E-state index is 12.3. The van der Waals surface area contributed by atoms with Gasteiger partial charge in [-0.3, -0.25) is 4.79 Å². The minimum Gasteiger partial charge on any atom is -0.350 e. The van der Waals surface area contributed by atoms with Crippen molar-refractivity contribution in [3.63, 3.8) is 0 Å². The minimum absolute atomic E-state index is 0.169. The third kappa shape index (κ3) is 4.54. The molecular weight excluding hydrogens is 300 g/mol. The van der Waals surface area contributed by atoms with Crippen molar-refractivity contribution in [1.82, 2.24) is 15.3 Å². The van der Waals surface area contributed by atoms with Crippen LogP contribution in [0.4, 0.5) is 11.5 Å². The maximum atomic E-state index is 12.3. The number of nitrogens with one attached hydrogen (secondary N) is 2. The second-order valence-corrected chi connectivity index (χ2v) is 6.38. The first kappa shape index (κ1) is 17.9. The fourth-order valence-corrected chi connectivity index (χ4v) is 2.47. The molecule has 0 atom stereocenters. The zero-order chi connectivity index (χ0) is 17.7. The summed E-state index contributed by atoms with van der Waals surface area (Å²) in [5.74, 6) is 1.44. The van der Waals surface area contributed by atoms with Crippen LogP contribution in [0.5, 0.6) is 0 Å². The van der Waals surface area contributed by atoms with Gasteiger partial charge in [-0.05, 0) is 37.3 Å². The average Bonchev–Trinajstić information content (AvgIpc) is 2.54. The van der Waals surface area contributed by atoms with Crippen LogP contribution in [-0.2, 0) is 6.42 Å². The lowest BCUT2D eigenvalue weighted by Gasteiger charge is -2.14. The molecule has 0 saturated heterocycles. The van der Waals surface area contributed by atoms with Crippen molar-refractivity contribution in [3.05, 3.63) is 46.9 Å². The Morgan fingerprint density at radius 2 is 1.96 bits per heavy atom. The molecule has 1 amide bonds. The number of rotatable bonds is 6. The molecule has 0 aliphatic heterocycles. The van der Waals surface area contributed by atoms with Gasteiger partial charge in [-0.15, -0.1) is 0 Å². The van der Waals surface area contributed by atoms with E-state index in [9.17, 15) is 4.79 Å². The number of hydrogen-bond acceptors (Lipinski definition) is 4. The van der Waals surface area contributed by atoms with Crippen LogP contribution in [0.1, 0.15) is 48.2 Å². The highest BCUT2D eigenvalue weighted by molar-refractivity contribution is 5.93. The van der Waals surface area contributed by atoms with E-state index in [-0.39, 0.29) is 5.91 Å². The fraction of sp³-hybridized carbons (Fsp3) is 0.421. The van der Waals surface area contributed by atoms with Gasteiger partial charge >= 0.3 is 0 Å². The molecule has 0 spiro atoms. The van der Waals surface area contributed by atoms with E-state index in [0.29, 0.717) is 29.8 Å². The molecule has 5 nitrogen and oxygen atoms in total. The molecule has 0 fully saturated rings. The predicted octanol–water partition coefficient (Wildman–Crippen LogP) is 3.79.